The number of ether oxygens (including phenoxy) is 3. The van der Waals surface area contributed by atoms with Gasteiger partial charge in [-0.3, -0.25) is 4.57 Å². The number of nitrogens with two attached hydrogens (primary N) is 2. The van der Waals surface area contributed by atoms with Crippen molar-refractivity contribution in [1.29, 1.82) is 15.8 Å². The molecule has 308 valence electrons. The molecule has 0 saturated carbocycles. The standard InChI is InChI=1S/C11H8N4O3.C11H10N4O.C8H8N2O.C3H2N4O4.CH4O.CH4.H2/c1-18-10-4-9(3-2-8(10)5-12)14-6-11(13-7-14)15(16)17;1-16-10-4-9(3-2-8(10)5-12)15-6-11(13)14-7-15;1-11-8-4-7(10)3-2-6(8)5-9;8-6(9)3-1-5(2-4-3)7(10)11;1-2;;/h2-4,6-7H,1H3;2-4,6-7H,13H2,1H3;2-4H,10H2,1H3;1-2H;2H,1H3;1H4;1H. The summed E-state index contributed by atoms with van der Waals surface area (Å²) in [4.78, 5) is 39.8. The Bertz CT molecular complexity index is 2450. The molecule has 0 fully saturated rings. The molecule has 0 aliphatic heterocycles. The number of nitro groups is 3. The molecule has 0 saturated heterocycles. The smallest absolute Gasteiger partial charge is 0.388 e. The number of hydrogen-bond acceptors (Lipinski definition) is 18. The first-order chi connectivity index (χ1) is 27.8. The molecular weight excluding hydrogens is 776 g/mol. The van der Waals surface area contributed by atoms with E-state index >= 15 is 0 Å². The summed E-state index contributed by atoms with van der Waals surface area (Å²) in [6, 6.07) is 21.1. The van der Waals surface area contributed by atoms with Crippen molar-refractivity contribution < 1.29 is 35.6 Å². The monoisotopic (exact) mass is 814 g/mol. The maximum Gasteiger partial charge on any atom is 0.388 e. The van der Waals surface area contributed by atoms with Crippen LogP contribution in [0.2, 0.25) is 0 Å². The summed E-state index contributed by atoms with van der Waals surface area (Å²) < 4.78 is 18.8. The first-order valence-electron chi connectivity index (χ1n) is 15.5. The van der Waals surface area contributed by atoms with Gasteiger partial charge < -0.3 is 55.6 Å². The number of methoxy groups -OCH3 is 3. The van der Waals surface area contributed by atoms with Crippen LogP contribution in [0.5, 0.6) is 17.2 Å². The minimum atomic E-state index is -0.819. The van der Waals surface area contributed by atoms with Crippen LogP contribution < -0.4 is 25.7 Å². The van der Waals surface area contributed by atoms with E-state index in [2.05, 4.69) is 21.0 Å². The first kappa shape index (κ1) is 47.9. The lowest BCUT2D eigenvalue weighted by atomic mass is 10.2. The highest BCUT2D eigenvalue weighted by atomic mass is 16.7. The van der Waals surface area contributed by atoms with Crippen molar-refractivity contribution in [2.24, 2.45) is 0 Å². The third-order valence-corrected chi connectivity index (χ3v) is 6.84. The summed E-state index contributed by atoms with van der Waals surface area (Å²) in [5.41, 5.74) is 14.5. The Labute approximate surface area is 336 Å². The van der Waals surface area contributed by atoms with E-state index < -0.39 is 20.7 Å². The zero-order valence-corrected chi connectivity index (χ0v) is 30.8. The summed E-state index contributed by atoms with van der Waals surface area (Å²) in [6.07, 6.45) is 7.41. The molecule has 0 radical (unpaired) electrons. The predicted molar refractivity (Wildman–Crippen MR) is 211 cm³/mol. The van der Waals surface area contributed by atoms with Gasteiger partial charge in [-0.1, -0.05) is 7.43 Å². The van der Waals surface area contributed by atoms with Gasteiger partial charge in [0.05, 0.1) is 55.6 Å². The number of imidazole rings is 3. The Hall–Kier alpha value is -9.08. The molecule has 24 heteroatoms. The highest BCUT2D eigenvalue weighted by molar-refractivity contribution is 5.53. The van der Waals surface area contributed by atoms with E-state index in [1.54, 1.807) is 65.6 Å². The van der Waals surface area contributed by atoms with E-state index in [-0.39, 0.29) is 14.7 Å². The number of hydrogen-bond donors (Lipinski definition) is 3. The quantitative estimate of drug-likeness (QED) is 0.108. The second-order valence-corrected chi connectivity index (χ2v) is 10.3. The summed E-state index contributed by atoms with van der Waals surface area (Å²) >= 11 is 0. The highest BCUT2D eigenvalue weighted by Gasteiger charge is 2.15. The SMILES string of the molecule is C.CO.COc1cc(-n2cnc(N)c2)ccc1C#N.COc1cc(-n2cnc([N+](=O)[O-])c2)ccc1C#N.COc1cc(N)ccc1C#N.O=[N+]([O-])c1cn([N+](=O)[O-])cn1.[HH]. The van der Waals surface area contributed by atoms with Crippen molar-refractivity contribution in [2.45, 2.75) is 7.43 Å². The lowest BCUT2D eigenvalue weighted by Crippen LogP contribution is -2.04. The molecule has 0 unspecified atom stereocenters. The zero-order valence-electron chi connectivity index (χ0n) is 30.8. The van der Waals surface area contributed by atoms with Crippen LogP contribution in [0.3, 0.4) is 0 Å². The maximum absolute atomic E-state index is 10.5. The molecule has 3 aromatic heterocycles. The van der Waals surface area contributed by atoms with Gasteiger partial charge >= 0.3 is 11.6 Å². The van der Waals surface area contributed by atoms with Crippen LogP contribution in [0.4, 0.5) is 23.1 Å². The van der Waals surface area contributed by atoms with Crippen LogP contribution in [0.25, 0.3) is 11.4 Å². The van der Waals surface area contributed by atoms with Gasteiger partial charge in [0.15, 0.2) is 11.2 Å². The van der Waals surface area contributed by atoms with Gasteiger partial charge in [0.25, 0.3) is 6.33 Å². The third-order valence-electron chi connectivity index (χ3n) is 6.84. The van der Waals surface area contributed by atoms with E-state index in [0.29, 0.717) is 55.8 Å². The fourth-order valence-corrected chi connectivity index (χ4v) is 4.18. The normalized spacial score (nSPS) is 9.12. The number of nitriles is 3. The van der Waals surface area contributed by atoms with Crippen LogP contribution in [0, 0.1) is 64.3 Å². The molecule has 59 heavy (non-hydrogen) atoms. The van der Waals surface area contributed by atoms with E-state index in [4.69, 9.17) is 46.6 Å². The number of aliphatic hydroxyl groups excluding tert-OH is 1. The van der Waals surface area contributed by atoms with Crippen molar-refractivity contribution in [3.63, 3.8) is 0 Å². The number of aromatic nitrogens is 6. The molecule has 0 aliphatic rings. The van der Waals surface area contributed by atoms with E-state index in [1.165, 1.54) is 38.4 Å². The minimum absolute atomic E-state index is 0. The van der Waals surface area contributed by atoms with E-state index in [0.717, 1.165) is 25.3 Å². The third kappa shape index (κ3) is 13.6. The summed E-state index contributed by atoms with van der Waals surface area (Å²) in [5.74, 6) is 1.13. The van der Waals surface area contributed by atoms with Crippen LogP contribution in [0.15, 0.2) is 92.2 Å². The molecule has 5 N–H and O–H groups in total. The van der Waals surface area contributed by atoms with E-state index in [1.807, 2.05) is 18.2 Å². The molecule has 0 amide bonds. The fourth-order valence-electron chi connectivity index (χ4n) is 4.18. The van der Waals surface area contributed by atoms with Gasteiger partial charge in [-0.25, -0.2) is 15.1 Å². The van der Waals surface area contributed by atoms with Gasteiger partial charge in [0.2, 0.25) is 6.33 Å². The van der Waals surface area contributed by atoms with Crippen molar-refractivity contribution in [2.75, 3.05) is 39.9 Å². The molecule has 0 spiro atoms. The second kappa shape index (κ2) is 23.6. The largest absolute Gasteiger partial charge is 0.495 e. The van der Waals surface area contributed by atoms with Crippen LogP contribution in [-0.2, 0) is 0 Å². The number of benzene rings is 3. The molecule has 0 aliphatic carbocycles. The van der Waals surface area contributed by atoms with Crippen molar-refractivity contribution in [3.8, 4) is 46.8 Å². The first-order valence-corrected chi connectivity index (χ1v) is 15.5. The van der Waals surface area contributed by atoms with E-state index in [9.17, 15) is 30.3 Å². The van der Waals surface area contributed by atoms with Gasteiger partial charge in [0.1, 0.15) is 53.8 Å². The lowest BCUT2D eigenvalue weighted by molar-refractivity contribution is -0.542. The van der Waals surface area contributed by atoms with Crippen LogP contribution >= 0.6 is 0 Å². The second-order valence-electron chi connectivity index (χ2n) is 10.3. The molecule has 3 heterocycles. The Morgan fingerprint density at radius 1 is 0.644 bits per heavy atom. The number of rotatable bonds is 8. The average Bonchev–Trinajstić information content (AvgIpc) is 4.04. The predicted octanol–water partition coefficient (Wildman–Crippen LogP) is 4.47. The summed E-state index contributed by atoms with van der Waals surface area (Å²) in [5, 5.41) is 62.9. The molecule has 0 bridgehead atoms. The molecular formula is C35H38N14O10. The summed E-state index contributed by atoms with van der Waals surface area (Å²) in [6.45, 7) is 0. The highest BCUT2D eigenvalue weighted by Crippen LogP contribution is 2.24. The zero-order chi connectivity index (χ0) is 43.4. The van der Waals surface area contributed by atoms with Crippen molar-refractivity contribution >= 4 is 23.1 Å². The summed E-state index contributed by atoms with van der Waals surface area (Å²) in [7, 11) is 5.49. The van der Waals surface area contributed by atoms with Crippen molar-refractivity contribution in [1.82, 2.24) is 28.8 Å². The van der Waals surface area contributed by atoms with Crippen molar-refractivity contribution in [3.05, 3.63) is 139 Å². The average molecular weight is 815 g/mol. The van der Waals surface area contributed by atoms with Crippen LogP contribution in [-0.4, -0.2) is 77.2 Å². The topological polar surface area (TPSA) is 354 Å². The Morgan fingerprint density at radius 3 is 1.41 bits per heavy atom. The Balaban J connectivity index is 0.000000770. The van der Waals surface area contributed by atoms with Gasteiger partial charge in [-0.05, 0) is 60.9 Å². The number of aliphatic hydroxyl groups is 1. The molecule has 0 atom stereocenters. The Kier molecular flexibility index (Phi) is 19.2. The number of nitrogens with zero attached hydrogens (tertiary/aromatic N) is 12. The number of anilines is 2. The molecule has 3 aromatic carbocycles. The van der Waals surface area contributed by atoms with Gasteiger partial charge in [0, 0.05) is 32.4 Å². The Morgan fingerprint density at radius 2 is 1.05 bits per heavy atom. The van der Waals surface area contributed by atoms with Gasteiger partial charge in [-0.15, -0.1) is 0 Å². The lowest BCUT2D eigenvalue weighted by Gasteiger charge is -2.06. The molecule has 24 nitrogen and oxygen atoms in total. The molecule has 6 rings (SSSR count). The fraction of sp³-hybridized carbons (Fsp3) is 0.143. The minimum Gasteiger partial charge on any atom is -0.495 e. The molecule has 6 aromatic rings. The maximum atomic E-state index is 10.5. The number of nitrogen functional groups attached to an aromatic ring is 2. The van der Waals surface area contributed by atoms with Gasteiger partial charge in [-0.2, -0.15) is 15.8 Å². The van der Waals surface area contributed by atoms with Crippen LogP contribution in [0.1, 0.15) is 25.5 Å².